The Hall–Kier alpha value is -3.02. The van der Waals surface area contributed by atoms with Gasteiger partial charge in [-0.05, 0) is 43.4 Å². The Morgan fingerprint density at radius 1 is 1.25 bits per heavy atom. The highest BCUT2D eigenvalue weighted by Gasteiger charge is 2.46. The third-order valence-electron chi connectivity index (χ3n) is 6.51. The zero-order valence-electron chi connectivity index (χ0n) is 19.6. The smallest absolute Gasteiger partial charge is 0.406 e. The van der Waals surface area contributed by atoms with Gasteiger partial charge in [0.1, 0.15) is 18.1 Å². The molecule has 2 aliphatic rings. The van der Waals surface area contributed by atoms with Gasteiger partial charge in [0.25, 0.3) is 11.5 Å². The fourth-order valence-corrected chi connectivity index (χ4v) is 4.13. The van der Waals surface area contributed by atoms with Crippen LogP contribution >= 0.6 is 0 Å². The molecule has 0 aromatic carbocycles. The molecule has 0 radical (unpaired) electrons. The fourth-order valence-electron chi connectivity index (χ4n) is 4.13. The number of hydrogen-bond donors (Lipinski definition) is 1. The SMILES string of the molecule is C[C@@H](C(=O)Nc1ccc(OCC2CC2)cn1)N1CCC(F)(F)[C@@H](c2ccc(=O)n(CC(F)(F)F)c2)C1. The molecule has 3 heterocycles. The number of carbonyl (C=O) groups is 1. The average molecular weight is 514 g/mol. The van der Waals surface area contributed by atoms with Crippen molar-refractivity contribution in [1.29, 1.82) is 0 Å². The first-order valence-electron chi connectivity index (χ1n) is 11.7. The average Bonchev–Trinajstić information content (AvgIpc) is 3.63. The normalized spacial score (nSPS) is 21.1. The summed E-state index contributed by atoms with van der Waals surface area (Å²) in [5, 5.41) is 2.66. The molecule has 1 saturated heterocycles. The van der Waals surface area contributed by atoms with E-state index in [-0.39, 0.29) is 24.5 Å². The quantitative estimate of drug-likeness (QED) is 0.538. The Balaban J connectivity index is 1.42. The molecule has 1 amide bonds. The van der Waals surface area contributed by atoms with Crippen molar-refractivity contribution < 1.29 is 31.5 Å². The number of alkyl halides is 5. The van der Waals surface area contributed by atoms with E-state index in [0.29, 0.717) is 22.8 Å². The van der Waals surface area contributed by atoms with Gasteiger partial charge in [-0.15, -0.1) is 0 Å². The summed E-state index contributed by atoms with van der Waals surface area (Å²) in [4.78, 5) is 30.3. The molecule has 2 aromatic heterocycles. The van der Waals surface area contributed by atoms with E-state index in [1.807, 2.05) is 0 Å². The number of hydrogen-bond acceptors (Lipinski definition) is 5. The molecule has 0 spiro atoms. The van der Waals surface area contributed by atoms with Crippen LogP contribution < -0.4 is 15.6 Å². The Kier molecular flexibility index (Phi) is 7.35. The first kappa shape index (κ1) is 26.1. The second-order valence-electron chi connectivity index (χ2n) is 9.40. The minimum atomic E-state index is -4.67. The molecule has 2 atom stereocenters. The van der Waals surface area contributed by atoms with Gasteiger partial charge in [-0.25, -0.2) is 13.8 Å². The van der Waals surface area contributed by atoms with Crippen molar-refractivity contribution in [3.05, 3.63) is 52.6 Å². The second-order valence-corrected chi connectivity index (χ2v) is 9.40. The standard InChI is InChI=1S/C24H27F5N4O3/c1-15(22(35)31-20-6-5-18(10-30-20)36-13-16-2-3-16)32-9-8-23(25,26)19(12-32)17-4-7-21(34)33(11-17)14-24(27,28)29/h4-7,10-11,15-16,19H,2-3,8-9,12-14H2,1H3,(H,30,31,35)/t15-,19+/m0/s1. The lowest BCUT2D eigenvalue weighted by atomic mass is 9.87. The molecule has 1 N–H and O–H groups in total. The molecule has 0 unspecified atom stereocenters. The van der Waals surface area contributed by atoms with Crippen molar-refractivity contribution >= 4 is 11.7 Å². The van der Waals surface area contributed by atoms with Gasteiger partial charge in [0.2, 0.25) is 5.91 Å². The van der Waals surface area contributed by atoms with Crippen molar-refractivity contribution in [2.24, 2.45) is 5.92 Å². The maximum absolute atomic E-state index is 14.8. The van der Waals surface area contributed by atoms with Crippen LogP contribution in [0, 0.1) is 5.92 Å². The highest BCUT2D eigenvalue weighted by Crippen LogP contribution is 2.40. The molecule has 196 valence electrons. The number of aromatic nitrogens is 2. The highest BCUT2D eigenvalue weighted by atomic mass is 19.4. The fraction of sp³-hybridized carbons (Fsp3) is 0.542. The molecule has 2 aromatic rings. The molecule has 1 aliphatic heterocycles. The number of nitrogens with one attached hydrogen (secondary N) is 1. The Morgan fingerprint density at radius 3 is 2.64 bits per heavy atom. The third-order valence-corrected chi connectivity index (χ3v) is 6.51. The number of anilines is 1. The van der Waals surface area contributed by atoms with E-state index >= 15 is 0 Å². The van der Waals surface area contributed by atoms with Crippen molar-refractivity contribution in [2.75, 3.05) is 25.0 Å². The van der Waals surface area contributed by atoms with Gasteiger partial charge >= 0.3 is 6.18 Å². The van der Waals surface area contributed by atoms with Crippen LogP contribution in [0.1, 0.15) is 37.7 Å². The molecule has 12 heteroatoms. The van der Waals surface area contributed by atoms with E-state index < -0.39 is 48.5 Å². The number of carbonyl (C=O) groups excluding carboxylic acids is 1. The number of halogens is 5. The van der Waals surface area contributed by atoms with Crippen LogP contribution in [0.4, 0.5) is 27.8 Å². The van der Waals surface area contributed by atoms with Crippen molar-refractivity contribution in [3.63, 3.8) is 0 Å². The molecule has 36 heavy (non-hydrogen) atoms. The van der Waals surface area contributed by atoms with E-state index in [4.69, 9.17) is 4.74 Å². The van der Waals surface area contributed by atoms with Gasteiger partial charge in [-0.3, -0.25) is 14.5 Å². The summed E-state index contributed by atoms with van der Waals surface area (Å²) in [6, 6.07) is 4.44. The molecule has 4 rings (SSSR count). The van der Waals surface area contributed by atoms with E-state index in [1.54, 1.807) is 24.0 Å². The van der Waals surface area contributed by atoms with Crippen LogP contribution in [0.5, 0.6) is 5.75 Å². The molecule has 0 bridgehead atoms. The predicted octanol–water partition coefficient (Wildman–Crippen LogP) is 4.05. The summed E-state index contributed by atoms with van der Waals surface area (Å²) in [6.07, 6.45) is -0.624. The van der Waals surface area contributed by atoms with Gasteiger partial charge in [0.15, 0.2) is 0 Å². The van der Waals surface area contributed by atoms with E-state index in [9.17, 15) is 31.5 Å². The number of amides is 1. The first-order valence-corrected chi connectivity index (χ1v) is 11.7. The summed E-state index contributed by atoms with van der Waals surface area (Å²) < 4.78 is 74.0. The van der Waals surface area contributed by atoms with Crippen LogP contribution in [-0.4, -0.2) is 58.2 Å². The van der Waals surface area contributed by atoms with E-state index in [1.165, 1.54) is 6.20 Å². The predicted molar refractivity (Wildman–Crippen MR) is 121 cm³/mol. The summed E-state index contributed by atoms with van der Waals surface area (Å²) in [5.74, 6) is -3.71. The van der Waals surface area contributed by atoms with Crippen LogP contribution in [0.15, 0.2) is 41.5 Å². The topological polar surface area (TPSA) is 76.5 Å². The molecule has 1 saturated carbocycles. The number of ether oxygens (including phenoxy) is 1. The van der Waals surface area contributed by atoms with Gasteiger partial charge in [-0.1, -0.05) is 6.07 Å². The summed E-state index contributed by atoms with van der Waals surface area (Å²) in [7, 11) is 0. The lowest BCUT2D eigenvalue weighted by Gasteiger charge is -2.40. The molecular weight excluding hydrogens is 487 g/mol. The van der Waals surface area contributed by atoms with Crippen LogP contribution in [-0.2, 0) is 11.3 Å². The molecular formula is C24H27F5N4O3. The minimum Gasteiger partial charge on any atom is -0.492 e. The Bertz CT molecular complexity index is 1130. The highest BCUT2D eigenvalue weighted by molar-refractivity contribution is 5.93. The second kappa shape index (κ2) is 10.2. The maximum atomic E-state index is 14.8. The number of likely N-dealkylation sites (tertiary alicyclic amines) is 1. The van der Waals surface area contributed by atoms with Crippen molar-refractivity contribution in [1.82, 2.24) is 14.5 Å². The lowest BCUT2D eigenvalue weighted by molar-refractivity contribution is -0.141. The maximum Gasteiger partial charge on any atom is 0.406 e. The summed E-state index contributed by atoms with van der Waals surface area (Å²) in [6.45, 7) is 0.263. The molecule has 7 nitrogen and oxygen atoms in total. The van der Waals surface area contributed by atoms with Crippen molar-refractivity contribution in [2.45, 2.75) is 56.8 Å². The number of piperidine rings is 1. The van der Waals surface area contributed by atoms with Crippen LogP contribution in [0.3, 0.4) is 0 Å². The van der Waals surface area contributed by atoms with Gasteiger partial charge in [0, 0.05) is 31.8 Å². The first-order chi connectivity index (χ1) is 16.9. The third kappa shape index (κ3) is 6.59. The minimum absolute atomic E-state index is 0.0817. The largest absolute Gasteiger partial charge is 0.492 e. The van der Waals surface area contributed by atoms with Gasteiger partial charge in [-0.2, -0.15) is 13.2 Å². The summed E-state index contributed by atoms with van der Waals surface area (Å²) >= 11 is 0. The molecule has 1 aliphatic carbocycles. The van der Waals surface area contributed by atoms with Crippen molar-refractivity contribution in [3.8, 4) is 5.75 Å². The van der Waals surface area contributed by atoms with E-state index in [0.717, 1.165) is 31.2 Å². The van der Waals surface area contributed by atoms with E-state index in [2.05, 4.69) is 10.3 Å². The zero-order valence-corrected chi connectivity index (χ0v) is 19.6. The lowest BCUT2D eigenvalue weighted by Crippen LogP contribution is -2.52. The Morgan fingerprint density at radius 2 is 2.00 bits per heavy atom. The van der Waals surface area contributed by atoms with Crippen LogP contribution in [0.25, 0.3) is 0 Å². The monoisotopic (exact) mass is 514 g/mol. The zero-order chi connectivity index (χ0) is 26.1. The summed E-state index contributed by atoms with van der Waals surface area (Å²) in [5.41, 5.74) is -1.03. The number of rotatable bonds is 8. The van der Waals surface area contributed by atoms with Crippen LogP contribution in [0.2, 0.25) is 0 Å². The number of nitrogens with zero attached hydrogens (tertiary/aromatic N) is 3. The van der Waals surface area contributed by atoms with Gasteiger partial charge < -0.3 is 14.6 Å². The number of pyridine rings is 2. The molecule has 2 fully saturated rings. The Labute approximate surface area is 204 Å². The van der Waals surface area contributed by atoms with Gasteiger partial charge in [0.05, 0.1) is 24.8 Å².